The molecule has 1 heterocycles. The molecule has 0 radical (unpaired) electrons. The minimum Gasteiger partial charge on any atom is -0.431 e. The third kappa shape index (κ3) is 1.17. The Morgan fingerprint density at radius 2 is 1.92 bits per heavy atom. The lowest BCUT2D eigenvalue weighted by Crippen LogP contribution is -1.90. The summed E-state index contributed by atoms with van der Waals surface area (Å²) in [4.78, 5) is 3.43. The van der Waals surface area contributed by atoms with Crippen LogP contribution < -0.4 is 0 Å². The van der Waals surface area contributed by atoms with Crippen molar-refractivity contribution >= 4 is 23.7 Å². The number of hydrogen-bond donors (Lipinski definition) is 1. The monoisotopic (exact) mass is 205 g/mol. The fourth-order valence-electron chi connectivity index (χ4n) is 0.963. The first-order valence-electron chi connectivity index (χ1n) is 3.22. The van der Waals surface area contributed by atoms with E-state index in [-0.39, 0.29) is 16.3 Å². The third-order valence-corrected chi connectivity index (χ3v) is 1.70. The van der Waals surface area contributed by atoms with Gasteiger partial charge in [0.1, 0.15) is 5.52 Å². The van der Waals surface area contributed by atoms with E-state index in [4.69, 9.17) is 4.42 Å². The predicted octanol–water partition coefficient (Wildman–Crippen LogP) is 2.53. The van der Waals surface area contributed by atoms with E-state index >= 15 is 0 Å². The number of thiol groups is 1. The summed E-state index contributed by atoms with van der Waals surface area (Å²) in [6.07, 6.45) is 0. The summed E-state index contributed by atoms with van der Waals surface area (Å²) in [6, 6.07) is 0.723. The van der Waals surface area contributed by atoms with Gasteiger partial charge in [0.05, 0.1) is 0 Å². The van der Waals surface area contributed by atoms with Gasteiger partial charge in [0, 0.05) is 6.07 Å². The molecule has 0 saturated carbocycles. The maximum absolute atomic E-state index is 12.9. The van der Waals surface area contributed by atoms with Crippen LogP contribution in [0.2, 0.25) is 0 Å². The van der Waals surface area contributed by atoms with Crippen LogP contribution in [0, 0.1) is 17.5 Å². The molecule has 2 aromatic rings. The number of rotatable bonds is 0. The molecule has 0 bridgehead atoms. The molecular formula is C7H2F3NOS. The van der Waals surface area contributed by atoms with Gasteiger partial charge in [0.15, 0.2) is 23.0 Å². The largest absolute Gasteiger partial charge is 0.431 e. The van der Waals surface area contributed by atoms with Gasteiger partial charge in [-0.25, -0.2) is 18.2 Å². The predicted molar refractivity (Wildman–Crippen MR) is 41.1 cm³/mol. The van der Waals surface area contributed by atoms with Gasteiger partial charge in [-0.05, 0) is 0 Å². The van der Waals surface area contributed by atoms with Crippen LogP contribution >= 0.6 is 12.6 Å². The number of benzene rings is 1. The van der Waals surface area contributed by atoms with Crippen LogP contribution in [0.4, 0.5) is 13.2 Å². The highest BCUT2D eigenvalue weighted by Crippen LogP contribution is 2.24. The number of aromatic nitrogens is 1. The summed E-state index contributed by atoms with van der Waals surface area (Å²) in [6.45, 7) is 0. The first kappa shape index (κ1) is 8.43. The Balaban J connectivity index is 2.92. The molecule has 1 aromatic heterocycles. The highest BCUT2D eigenvalue weighted by Gasteiger charge is 2.17. The van der Waals surface area contributed by atoms with Gasteiger partial charge in [-0.15, -0.1) is 0 Å². The normalized spacial score (nSPS) is 11.1. The molecule has 0 amide bonds. The zero-order chi connectivity index (χ0) is 9.59. The average Bonchev–Trinajstić information content (AvgIpc) is 2.42. The second-order valence-electron chi connectivity index (χ2n) is 2.33. The zero-order valence-corrected chi connectivity index (χ0v) is 6.91. The maximum Gasteiger partial charge on any atom is 0.253 e. The molecule has 13 heavy (non-hydrogen) atoms. The van der Waals surface area contributed by atoms with E-state index in [2.05, 4.69) is 17.6 Å². The summed E-state index contributed by atoms with van der Waals surface area (Å²) in [5.41, 5.74) is -0.523. The van der Waals surface area contributed by atoms with E-state index in [0.29, 0.717) is 0 Å². The van der Waals surface area contributed by atoms with Gasteiger partial charge in [-0.3, -0.25) is 0 Å². The van der Waals surface area contributed by atoms with Crippen molar-refractivity contribution in [2.75, 3.05) is 0 Å². The summed E-state index contributed by atoms with van der Waals surface area (Å²) < 4.78 is 42.8. The van der Waals surface area contributed by atoms with Crippen LogP contribution in [-0.2, 0) is 0 Å². The minimum absolute atomic E-state index is 0.140. The molecule has 2 nitrogen and oxygen atoms in total. The quantitative estimate of drug-likeness (QED) is 0.528. The Morgan fingerprint density at radius 1 is 1.23 bits per heavy atom. The van der Waals surface area contributed by atoms with Gasteiger partial charge in [0.2, 0.25) is 0 Å². The second-order valence-corrected chi connectivity index (χ2v) is 2.71. The summed E-state index contributed by atoms with van der Waals surface area (Å²) in [7, 11) is 0. The molecule has 68 valence electrons. The summed E-state index contributed by atoms with van der Waals surface area (Å²) in [5.74, 6) is -4.23. The van der Waals surface area contributed by atoms with Gasteiger partial charge in [-0.1, -0.05) is 12.6 Å². The van der Waals surface area contributed by atoms with E-state index in [1.807, 2.05) is 0 Å². The SMILES string of the molecule is Fc1cc2oc(S)nc2c(F)c1F. The molecule has 0 saturated heterocycles. The van der Waals surface area contributed by atoms with Gasteiger partial charge in [-0.2, -0.15) is 0 Å². The Hall–Kier alpha value is -1.17. The van der Waals surface area contributed by atoms with Crippen LogP contribution in [0.3, 0.4) is 0 Å². The van der Waals surface area contributed by atoms with Crippen molar-refractivity contribution in [1.82, 2.24) is 4.98 Å². The Kier molecular flexibility index (Phi) is 1.73. The van der Waals surface area contributed by atoms with Gasteiger partial charge in [0.25, 0.3) is 5.22 Å². The molecule has 0 aliphatic heterocycles. The molecule has 1 aromatic carbocycles. The molecule has 6 heteroatoms. The van der Waals surface area contributed by atoms with Crippen molar-refractivity contribution in [1.29, 1.82) is 0 Å². The van der Waals surface area contributed by atoms with Crippen LogP contribution in [0.5, 0.6) is 0 Å². The average molecular weight is 205 g/mol. The fraction of sp³-hybridized carbons (Fsp3) is 0. The smallest absolute Gasteiger partial charge is 0.253 e. The molecular weight excluding hydrogens is 203 g/mol. The molecule has 0 aliphatic rings. The fourth-order valence-corrected chi connectivity index (χ4v) is 1.16. The lowest BCUT2D eigenvalue weighted by molar-refractivity contribution is 0.449. The van der Waals surface area contributed by atoms with Crippen molar-refractivity contribution in [2.45, 2.75) is 5.22 Å². The lowest BCUT2D eigenvalue weighted by Gasteiger charge is -1.93. The van der Waals surface area contributed by atoms with Crippen molar-refractivity contribution in [3.63, 3.8) is 0 Å². The van der Waals surface area contributed by atoms with Crippen molar-refractivity contribution in [2.24, 2.45) is 0 Å². The molecule has 0 atom stereocenters. The standard InChI is InChI=1S/C7H2F3NOS/c8-2-1-3-6(5(10)4(2)9)11-7(13)12-3/h1H,(H,11,13). The number of fused-ring (bicyclic) bond motifs is 1. The first-order chi connectivity index (χ1) is 6.09. The van der Waals surface area contributed by atoms with Crippen LogP contribution in [-0.4, -0.2) is 4.98 Å². The maximum atomic E-state index is 12.9. The van der Waals surface area contributed by atoms with Crippen molar-refractivity contribution in [3.05, 3.63) is 23.5 Å². The number of halogens is 3. The minimum atomic E-state index is -1.56. The molecule has 2 rings (SSSR count). The molecule has 0 aliphatic carbocycles. The third-order valence-electron chi connectivity index (χ3n) is 1.51. The van der Waals surface area contributed by atoms with E-state index in [0.717, 1.165) is 6.07 Å². The molecule has 0 spiro atoms. The highest BCUT2D eigenvalue weighted by molar-refractivity contribution is 7.80. The van der Waals surface area contributed by atoms with Crippen LogP contribution in [0.1, 0.15) is 0 Å². The highest BCUT2D eigenvalue weighted by atomic mass is 32.1. The Labute approximate surface area is 75.8 Å². The van der Waals surface area contributed by atoms with E-state index in [1.54, 1.807) is 0 Å². The zero-order valence-electron chi connectivity index (χ0n) is 6.01. The van der Waals surface area contributed by atoms with Crippen molar-refractivity contribution in [3.8, 4) is 0 Å². The van der Waals surface area contributed by atoms with Crippen molar-refractivity contribution < 1.29 is 17.6 Å². The van der Waals surface area contributed by atoms with Crippen LogP contribution in [0.25, 0.3) is 11.1 Å². The number of nitrogens with zero attached hydrogens (tertiary/aromatic N) is 1. The Morgan fingerprint density at radius 3 is 2.62 bits per heavy atom. The topological polar surface area (TPSA) is 26.0 Å². The number of oxazole rings is 1. The first-order valence-corrected chi connectivity index (χ1v) is 3.67. The van der Waals surface area contributed by atoms with Crippen LogP contribution in [0.15, 0.2) is 15.7 Å². The molecule has 0 unspecified atom stereocenters. The van der Waals surface area contributed by atoms with E-state index in [1.165, 1.54) is 0 Å². The molecule has 0 N–H and O–H groups in total. The number of hydrogen-bond acceptors (Lipinski definition) is 3. The molecule has 0 fully saturated rings. The van der Waals surface area contributed by atoms with E-state index in [9.17, 15) is 13.2 Å². The lowest BCUT2D eigenvalue weighted by atomic mass is 10.3. The van der Waals surface area contributed by atoms with Gasteiger partial charge >= 0.3 is 0 Å². The Bertz CT molecular complexity index is 482. The second kappa shape index (κ2) is 2.66. The van der Waals surface area contributed by atoms with Gasteiger partial charge < -0.3 is 4.42 Å². The summed E-state index contributed by atoms with van der Waals surface area (Å²) in [5, 5.41) is -0.140. The summed E-state index contributed by atoms with van der Waals surface area (Å²) >= 11 is 3.67. The van der Waals surface area contributed by atoms with E-state index < -0.39 is 17.5 Å².